The minimum atomic E-state index is -0.220. The van der Waals surface area contributed by atoms with Gasteiger partial charge < -0.3 is 19.9 Å². The normalized spacial score (nSPS) is 10.5. The fraction of sp³-hybridized carbons (Fsp3) is 0.375. The Kier molecular flexibility index (Phi) is 6.37. The van der Waals surface area contributed by atoms with Crippen LogP contribution in [0.3, 0.4) is 0 Å². The van der Waals surface area contributed by atoms with E-state index in [-0.39, 0.29) is 11.8 Å². The Morgan fingerprint density at radius 2 is 2.13 bits per heavy atom. The zero-order chi connectivity index (χ0) is 16.7. The van der Waals surface area contributed by atoms with E-state index in [1.54, 1.807) is 19.2 Å². The lowest BCUT2D eigenvalue weighted by Gasteiger charge is -2.11. The number of aromatic nitrogens is 1. The third kappa shape index (κ3) is 4.43. The molecule has 0 spiro atoms. The summed E-state index contributed by atoms with van der Waals surface area (Å²) in [6.45, 7) is 3.61. The van der Waals surface area contributed by atoms with Gasteiger partial charge in [-0.3, -0.25) is 9.59 Å². The highest BCUT2D eigenvalue weighted by atomic mass is 32.1. The van der Waals surface area contributed by atoms with E-state index in [2.05, 4.69) is 10.6 Å². The Bertz CT molecular complexity index is 650. The zero-order valence-corrected chi connectivity index (χ0v) is 14.1. The van der Waals surface area contributed by atoms with Crippen LogP contribution in [0.5, 0.6) is 0 Å². The summed E-state index contributed by atoms with van der Waals surface area (Å²) >= 11 is 1.36. The number of nitrogens with one attached hydrogen (secondary N) is 2. The number of amides is 2. The van der Waals surface area contributed by atoms with E-state index in [1.807, 2.05) is 29.1 Å². The van der Waals surface area contributed by atoms with Crippen molar-refractivity contribution in [2.45, 2.75) is 19.9 Å². The Balaban J connectivity index is 2.18. The molecule has 2 heterocycles. The van der Waals surface area contributed by atoms with Crippen LogP contribution in [0, 0.1) is 0 Å². The van der Waals surface area contributed by atoms with Gasteiger partial charge in [0.25, 0.3) is 11.8 Å². The van der Waals surface area contributed by atoms with Gasteiger partial charge in [-0.05, 0) is 23.9 Å². The van der Waals surface area contributed by atoms with Crippen molar-refractivity contribution >= 4 is 28.8 Å². The van der Waals surface area contributed by atoms with Crippen molar-refractivity contribution < 1.29 is 14.3 Å². The molecule has 0 atom stereocenters. The number of methoxy groups -OCH3 is 1. The second kappa shape index (κ2) is 8.50. The van der Waals surface area contributed by atoms with Gasteiger partial charge in [0.2, 0.25) is 0 Å². The second-order valence-corrected chi connectivity index (χ2v) is 5.90. The fourth-order valence-corrected chi connectivity index (χ4v) is 2.81. The van der Waals surface area contributed by atoms with E-state index in [4.69, 9.17) is 4.74 Å². The molecule has 2 rings (SSSR count). The number of ether oxygens (including phenoxy) is 1. The minimum absolute atomic E-state index is 0.208. The fourth-order valence-electron chi connectivity index (χ4n) is 2.20. The number of thiophene rings is 1. The molecule has 2 aromatic heterocycles. The summed E-state index contributed by atoms with van der Waals surface area (Å²) in [6.07, 6.45) is 2.71. The summed E-state index contributed by atoms with van der Waals surface area (Å²) in [4.78, 5) is 25.3. The number of hydrogen-bond acceptors (Lipinski definition) is 4. The maximum Gasteiger partial charge on any atom is 0.270 e. The SMILES string of the molecule is CCCn1ccc(NC(=O)c2cccs2)c1C(=O)NCCOC. The van der Waals surface area contributed by atoms with Crippen LogP contribution in [-0.2, 0) is 11.3 Å². The van der Waals surface area contributed by atoms with Crippen molar-refractivity contribution in [1.29, 1.82) is 0 Å². The lowest BCUT2D eigenvalue weighted by molar-refractivity contribution is 0.0928. The van der Waals surface area contributed by atoms with Gasteiger partial charge in [0, 0.05) is 26.4 Å². The predicted octanol–water partition coefficient (Wildman–Crippen LogP) is 2.59. The smallest absolute Gasteiger partial charge is 0.270 e. The van der Waals surface area contributed by atoms with E-state index < -0.39 is 0 Å². The molecule has 2 aromatic rings. The summed E-state index contributed by atoms with van der Waals surface area (Å²) in [6, 6.07) is 5.33. The summed E-state index contributed by atoms with van der Waals surface area (Å²) in [5.41, 5.74) is 0.986. The summed E-state index contributed by atoms with van der Waals surface area (Å²) in [5, 5.41) is 7.46. The standard InChI is InChI=1S/C16H21N3O3S/c1-3-8-19-9-6-12(14(19)16(21)17-7-10-22-2)18-15(20)13-5-4-11-23-13/h4-6,9,11H,3,7-8,10H2,1-2H3,(H,17,21)(H,18,20). The van der Waals surface area contributed by atoms with E-state index in [9.17, 15) is 9.59 Å². The lowest BCUT2D eigenvalue weighted by atomic mass is 10.3. The van der Waals surface area contributed by atoms with Crippen molar-refractivity contribution in [3.8, 4) is 0 Å². The molecule has 2 amide bonds. The molecule has 6 nitrogen and oxygen atoms in total. The van der Waals surface area contributed by atoms with Crippen LogP contribution in [0.4, 0.5) is 5.69 Å². The van der Waals surface area contributed by atoms with E-state index in [0.29, 0.717) is 36.0 Å². The number of anilines is 1. The monoisotopic (exact) mass is 335 g/mol. The Morgan fingerprint density at radius 3 is 2.78 bits per heavy atom. The molecule has 0 aliphatic carbocycles. The summed E-state index contributed by atoms with van der Waals surface area (Å²) < 4.78 is 6.79. The second-order valence-electron chi connectivity index (χ2n) is 4.95. The van der Waals surface area contributed by atoms with Gasteiger partial charge in [-0.1, -0.05) is 13.0 Å². The molecule has 0 saturated carbocycles. The Morgan fingerprint density at radius 1 is 1.30 bits per heavy atom. The molecule has 23 heavy (non-hydrogen) atoms. The van der Waals surface area contributed by atoms with Crippen LogP contribution in [-0.4, -0.2) is 36.6 Å². The van der Waals surface area contributed by atoms with Crippen molar-refractivity contribution in [2.75, 3.05) is 25.6 Å². The summed E-state index contributed by atoms with van der Waals surface area (Å²) in [5.74, 6) is -0.429. The van der Waals surface area contributed by atoms with E-state index >= 15 is 0 Å². The Labute approximate surface area is 139 Å². The molecule has 0 aliphatic heterocycles. The molecule has 2 N–H and O–H groups in total. The minimum Gasteiger partial charge on any atom is -0.383 e. The topological polar surface area (TPSA) is 72.4 Å². The average Bonchev–Trinajstić information content (AvgIpc) is 3.18. The molecular weight excluding hydrogens is 314 g/mol. The highest BCUT2D eigenvalue weighted by molar-refractivity contribution is 7.12. The third-order valence-electron chi connectivity index (χ3n) is 3.23. The number of nitrogens with zero attached hydrogens (tertiary/aromatic N) is 1. The predicted molar refractivity (Wildman–Crippen MR) is 91.2 cm³/mol. The summed E-state index contributed by atoms with van der Waals surface area (Å²) in [7, 11) is 1.58. The van der Waals surface area contributed by atoms with Gasteiger partial charge in [0.05, 0.1) is 17.2 Å². The molecule has 0 saturated heterocycles. The van der Waals surface area contributed by atoms with Gasteiger partial charge in [-0.15, -0.1) is 11.3 Å². The maximum absolute atomic E-state index is 12.4. The highest BCUT2D eigenvalue weighted by Gasteiger charge is 2.19. The van der Waals surface area contributed by atoms with Crippen LogP contribution in [0.15, 0.2) is 29.8 Å². The first-order valence-electron chi connectivity index (χ1n) is 7.48. The number of rotatable bonds is 8. The van der Waals surface area contributed by atoms with Gasteiger partial charge in [-0.25, -0.2) is 0 Å². The van der Waals surface area contributed by atoms with Crippen LogP contribution in [0.25, 0.3) is 0 Å². The lowest BCUT2D eigenvalue weighted by Crippen LogP contribution is -2.30. The average molecular weight is 335 g/mol. The molecule has 0 radical (unpaired) electrons. The van der Waals surface area contributed by atoms with Crippen LogP contribution in [0.1, 0.15) is 33.5 Å². The molecule has 0 fully saturated rings. The molecule has 7 heteroatoms. The first-order chi connectivity index (χ1) is 11.2. The Hall–Kier alpha value is -2.12. The van der Waals surface area contributed by atoms with E-state index in [1.165, 1.54) is 11.3 Å². The van der Waals surface area contributed by atoms with Crippen LogP contribution in [0.2, 0.25) is 0 Å². The maximum atomic E-state index is 12.4. The van der Waals surface area contributed by atoms with Crippen molar-refractivity contribution in [3.63, 3.8) is 0 Å². The van der Waals surface area contributed by atoms with Crippen LogP contribution < -0.4 is 10.6 Å². The quantitative estimate of drug-likeness (QED) is 0.728. The highest BCUT2D eigenvalue weighted by Crippen LogP contribution is 2.20. The number of hydrogen-bond donors (Lipinski definition) is 2. The molecule has 0 aromatic carbocycles. The number of carbonyl (C=O) groups is 2. The van der Waals surface area contributed by atoms with Crippen molar-refractivity contribution in [1.82, 2.24) is 9.88 Å². The third-order valence-corrected chi connectivity index (χ3v) is 4.10. The first-order valence-corrected chi connectivity index (χ1v) is 8.36. The zero-order valence-electron chi connectivity index (χ0n) is 13.3. The molecular formula is C16H21N3O3S. The largest absolute Gasteiger partial charge is 0.383 e. The van der Waals surface area contributed by atoms with Crippen molar-refractivity contribution in [3.05, 3.63) is 40.3 Å². The molecule has 124 valence electrons. The van der Waals surface area contributed by atoms with E-state index in [0.717, 1.165) is 6.42 Å². The van der Waals surface area contributed by atoms with Gasteiger partial charge in [0.1, 0.15) is 5.69 Å². The molecule has 0 bridgehead atoms. The molecule has 0 aliphatic rings. The van der Waals surface area contributed by atoms with Crippen LogP contribution >= 0.6 is 11.3 Å². The molecule has 0 unspecified atom stereocenters. The van der Waals surface area contributed by atoms with Gasteiger partial charge >= 0.3 is 0 Å². The first kappa shape index (κ1) is 17.2. The van der Waals surface area contributed by atoms with Gasteiger partial charge in [0.15, 0.2) is 0 Å². The van der Waals surface area contributed by atoms with Gasteiger partial charge in [-0.2, -0.15) is 0 Å². The van der Waals surface area contributed by atoms with Crippen molar-refractivity contribution in [2.24, 2.45) is 0 Å². The number of aryl methyl sites for hydroxylation is 1. The number of carbonyl (C=O) groups excluding carboxylic acids is 2.